The second kappa shape index (κ2) is 7.55. The summed E-state index contributed by atoms with van der Waals surface area (Å²) in [6.07, 6.45) is 0. The molecule has 0 radical (unpaired) electrons. The summed E-state index contributed by atoms with van der Waals surface area (Å²) >= 11 is 18.5. The van der Waals surface area contributed by atoms with Crippen molar-refractivity contribution in [2.75, 3.05) is 5.32 Å². The molecule has 0 saturated carbocycles. The summed E-state index contributed by atoms with van der Waals surface area (Å²) in [6.45, 7) is 0. The molecule has 6 nitrogen and oxygen atoms in total. The van der Waals surface area contributed by atoms with Crippen LogP contribution in [0.25, 0.3) is 10.1 Å². The lowest BCUT2D eigenvalue weighted by Crippen LogP contribution is -2.33. The van der Waals surface area contributed by atoms with Crippen molar-refractivity contribution >= 4 is 79.2 Å². The molecule has 1 aromatic heterocycles. The number of thiocarbonyl (C=S) groups is 1. The number of nitrogens with one attached hydrogen (secondary N) is 2. The minimum Gasteiger partial charge on any atom is -0.332 e. The maximum absolute atomic E-state index is 12.4. The van der Waals surface area contributed by atoms with Crippen LogP contribution in [0.4, 0.5) is 11.4 Å². The van der Waals surface area contributed by atoms with Gasteiger partial charge in [0.05, 0.1) is 9.95 Å². The predicted molar refractivity (Wildman–Crippen MR) is 109 cm³/mol. The molecule has 10 heteroatoms. The molecule has 0 unspecified atom stereocenters. The van der Waals surface area contributed by atoms with Crippen LogP contribution < -0.4 is 10.6 Å². The van der Waals surface area contributed by atoms with Gasteiger partial charge in [0, 0.05) is 32.9 Å². The van der Waals surface area contributed by atoms with E-state index >= 15 is 0 Å². The van der Waals surface area contributed by atoms with Gasteiger partial charge in [-0.1, -0.05) is 35.3 Å². The molecule has 0 atom stereocenters. The van der Waals surface area contributed by atoms with Crippen molar-refractivity contribution in [3.05, 3.63) is 67.5 Å². The standard InChI is InChI=1S/C16H9Cl2N3O3S2/c17-8-4-5-11-12(6-8)26-14(13(11)18)15(22)20-16(25)19-9-2-1-3-10(7-9)21(23)24/h1-7H,(H2,19,20,22,25). The molecular formula is C16H9Cl2N3O3S2. The van der Waals surface area contributed by atoms with E-state index in [-0.39, 0.29) is 10.8 Å². The molecule has 26 heavy (non-hydrogen) atoms. The molecule has 0 aliphatic carbocycles. The van der Waals surface area contributed by atoms with Gasteiger partial charge in [-0.25, -0.2) is 0 Å². The Labute approximate surface area is 166 Å². The van der Waals surface area contributed by atoms with Crippen molar-refractivity contribution in [3.63, 3.8) is 0 Å². The largest absolute Gasteiger partial charge is 0.332 e. The minimum absolute atomic E-state index is 0.00190. The molecule has 1 amide bonds. The van der Waals surface area contributed by atoms with Gasteiger partial charge in [-0.3, -0.25) is 20.2 Å². The normalized spacial score (nSPS) is 10.5. The number of halogens is 2. The number of benzene rings is 2. The lowest BCUT2D eigenvalue weighted by Gasteiger charge is -2.08. The first-order valence-corrected chi connectivity index (χ1v) is 9.07. The highest BCUT2D eigenvalue weighted by molar-refractivity contribution is 7.80. The summed E-state index contributed by atoms with van der Waals surface area (Å²) in [5.74, 6) is -0.477. The quantitative estimate of drug-likeness (QED) is 0.340. The van der Waals surface area contributed by atoms with Crippen LogP contribution in [0.15, 0.2) is 42.5 Å². The number of hydrogen-bond acceptors (Lipinski definition) is 5. The maximum atomic E-state index is 12.4. The monoisotopic (exact) mass is 425 g/mol. The highest BCUT2D eigenvalue weighted by Gasteiger charge is 2.18. The number of rotatable bonds is 3. The number of nitro benzene ring substituents is 1. The second-order valence-corrected chi connectivity index (χ2v) is 7.38. The van der Waals surface area contributed by atoms with E-state index in [0.717, 1.165) is 10.1 Å². The van der Waals surface area contributed by atoms with Crippen LogP contribution in [0.2, 0.25) is 10.0 Å². The molecule has 2 N–H and O–H groups in total. The van der Waals surface area contributed by atoms with Gasteiger partial charge in [0.2, 0.25) is 0 Å². The number of nitrogens with zero attached hydrogens (tertiary/aromatic N) is 1. The minimum atomic E-state index is -0.519. The summed E-state index contributed by atoms with van der Waals surface area (Å²) in [4.78, 5) is 23.0. The van der Waals surface area contributed by atoms with E-state index in [2.05, 4.69) is 10.6 Å². The third-order valence-corrected chi connectivity index (χ3v) is 5.43. The molecule has 0 bridgehead atoms. The topological polar surface area (TPSA) is 84.3 Å². The highest BCUT2D eigenvalue weighted by atomic mass is 35.5. The van der Waals surface area contributed by atoms with Crippen molar-refractivity contribution in [2.24, 2.45) is 0 Å². The van der Waals surface area contributed by atoms with Gasteiger partial charge in [-0.15, -0.1) is 11.3 Å². The zero-order valence-electron chi connectivity index (χ0n) is 12.8. The van der Waals surface area contributed by atoms with Gasteiger partial charge in [0.15, 0.2) is 5.11 Å². The highest BCUT2D eigenvalue weighted by Crippen LogP contribution is 2.36. The summed E-state index contributed by atoms with van der Waals surface area (Å²) in [5.41, 5.74) is 0.298. The Kier molecular flexibility index (Phi) is 5.38. The zero-order chi connectivity index (χ0) is 18.8. The summed E-state index contributed by atoms with van der Waals surface area (Å²) in [7, 11) is 0. The van der Waals surface area contributed by atoms with E-state index in [1.807, 2.05) is 0 Å². The molecule has 0 aliphatic rings. The first-order chi connectivity index (χ1) is 12.3. The molecule has 3 aromatic rings. The van der Waals surface area contributed by atoms with Gasteiger partial charge < -0.3 is 5.32 Å². The molecule has 0 spiro atoms. The van der Waals surface area contributed by atoms with Crippen LogP contribution in [0, 0.1) is 10.1 Å². The number of hydrogen-bond donors (Lipinski definition) is 2. The first kappa shape index (κ1) is 18.5. The van der Waals surface area contributed by atoms with E-state index in [1.54, 1.807) is 24.3 Å². The van der Waals surface area contributed by atoms with Crippen molar-refractivity contribution in [2.45, 2.75) is 0 Å². The van der Waals surface area contributed by atoms with Gasteiger partial charge in [-0.2, -0.15) is 0 Å². The van der Waals surface area contributed by atoms with Crippen molar-refractivity contribution in [1.29, 1.82) is 0 Å². The third-order valence-electron chi connectivity index (χ3n) is 3.34. The smallest absolute Gasteiger partial charge is 0.271 e. The van der Waals surface area contributed by atoms with Crippen LogP contribution in [-0.4, -0.2) is 15.9 Å². The summed E-state index contributed by atoms with van der Waals surface area (Å²) in [5, 5.41) is 17.6. The number of carbonyl (C=O) groups excluding carboxylic acids is 1. The Morgan fingerprint density at radius 1 is 1.19 bits per heavy atom. The van der Waals surface area contributed by atoms with Crippen LogP contribution in [0.5, 0.6) is 0 Å². The van der Waals surface area contributed by atoms with E-state index in [0.29, 0.717) is 20.6 Å². The molecule has 0 fully saturated rings. The molecular weight excluding hydrogens is 417 g/mol. The molecule has 132 valence electrons. The van der Waals surface area contributed by atoms with E-state index in [9.17, 15) is 14.9 Å². The van der Waals surface area contributed by atoms with Crippen molar-refractivity contribution < 1.29 is 9.72 Å². The molecule has 1 heterocycles. The predicted octanol–water partition coefficient (Wildman–Crippen LogP) is 5.24. The Bertz CT molecular complexity index is 1050. The maximum Gasteiger partial charge on any atom is 0.271 e. The molecule has 0 saturated heterocycles. The molecule has 2 aromatic carbocycles. The van der Waals surface area contributed by atoms with Crippen LogP contribution in [-0.2, 0) is 0 Å². The zero-order valence-corrected chi connectivity index (χ0v) is 15.9. The third kappa shape index (κ3) is 3.94. The Morgan fingerprint density at radius 2 is 1.96 bits per heavy atom. The van der Waals surface area contributed by atoms with E-state index in [1.165, 1.54) is 29.5 Å². The Balaban J connectivity index is 1.75. The average molecular weight is 426 g/mol. The van der Waals surface area contributed by atoms with Crippen molar-refractivity contribution in [1.82, 2.24) is 5.32 Å². The fraction of sp³-hybridized carbons (Fsp3) is 0. The average Bonchev–Trinajstić information content (AvgIpc) is 2.91. The fourth-order valence-corrected chi connectivity index (χ4v) is 4.10. The fourth-order valence-electron chi connectivity index (χ4n) is 2.20. The summed E-state index contributed by atoms with van der Waals surface area (Å²) < 4.78 is 0.783. The lowest BCUT2D eigenvalue weighted by atomic mass is 10.2. The van der Waals surface area contributed by atoms with Gasteiger partial charge in [-0.05, 0) is 30.4 Å². The van der Waals surface area contributed by atoms with Crippen molar-refractivity contribution in [3.8, 4) is 0 Å². The van der Waals surface area contributed by atoms with E-state index in [4.69, 9.17) is 35.4 Å². The second-order valence-electron chi connectivity index (χ2n) is 5.10. The molecule has 0 aliphatic heterocycles. The van der Waals surface area contributed by atoms with Gasteiger partial charge >= 0.3 is 0 Å². The van der Waals surface area contributed by atoms with Crippen LogP contribution >= 0.6 is 46.8 Å². The Morgan fingerprint density at radius 3 is 2.69 bits per heavy atom. The number of non-ortho nitro benzene ring substituents is 1. The molecule has 3 rings (SSSR count). The number of thiophene rings is 1. The SMILES string of the molecule is O=C(NC(=S)Nc1cccc([N+](=O)[O-])c1)c1sc2cc(Cl)ccc2c1Cl. The van der Waals surface area contributed by atoms with Gasteiger partial charge in [0.25, 0.3) is 11.6 Å². The number of fused-ring (bicyclic) bond motifs is 1. The number of nitro groups is 1. The number of carbonyl (C=O) groups is 1. The van der Waals surface area contributed by atoms with Crippen LogP contribution in [0.3, 0.4) is 0 Å². The van der Waals surface area contributed by atoms with E-state index < -0.39 is 10.8 Å². The van der Waals surface area contributed by atoms with Gasteiger partial charge in [0.1, 0.15) is 4.88 Å². The summed E-state index contributed by atoms with van der Waals surface area (Å²) in [6, 6.07) is 10.9. The van der Waals surface area contributed by atoms with Crippen LogP contribution in [0.1, 0.15) is 9.67 Å². The lowest BCUT2D eigenvalue weighted by molar-refractivity contribution is -0.384. The Hall–Kier alpha value is -2.26. The number of anilines is 1. The number of amides is 1. The first-order valence-electron chi connectivity index (χ1n) is 7.09.